The first-order valence-electron chi connectivity index (χ1n) is 6.21. The number of hydrogen-bond acceptors (Lipinski definition) is 1. The van der Waals surface area contributed by atoms with E-state index in [0.29, 0.717) is 6.61 Å². The highest BCUT2D eigenvalue weighted by atomic mass is 16.3. The van der Waals surface area contributed by atoms with Crippen LogP contribution in [0.2, 0.25) is 0 Å². The molecule has 0 aromatic carbocycles. The van der Waals surface area contributed by atoms with Crippen LogP contribution in [0.4, 0.5) is 0 Å². The highest BCUT2D eigenvalue weighted by Gasteiger charge is 2.42. The SMILES string of the molecule is C[N+]12CCCC[C@@H]1[C@H](CCO)CCC2. The maximum absolute atomic E-state index is 9.09. The molecular weight excluding hydrogens is 174 g/mol. The normalized spacial score (nSPS) is 43.3. The van der Waals surface area contributed by atoms with Crippen molar-refractivity contribution in [3.63, 3.8) is 0 Å². The van der Waals surface area contributed by atoms with Crippen LogP contribution in [0.5, 0.6) is 0 Å². The van der Waals surface area contributed by atoms with Crippen molar-refractivity contribution in [2.75, 3.05) is 26.7 Å². The Morgan fingerprint density at radius 1 is 1.14 bits per heavy atom. The summed E-state index contributed by atoms with van der Waals surface area (Å²) in [4.78, 5) is 0. The quantitative estimate of drug-likeness (QED) is 0.671. The lowest BCUT2D eigenvalue weighted by Crippen LogP contribution is -2.60. The molecule has 82 valence electrons. The Bertz CT molecular complexity index is 189. The smallest absolute Gasteiger partial charge is 0.0917 e. The molecule has 2 heterocycles. The second-order valence-corrected chi connectivity index (χ2v) is 5.40. The average Bonchev–Trinajstić information content (AvgIpc) is 2.18. The molecule has 3 atom stereocenters. The second kappa shape index (κ2) is 4.19. The summed E-state index contributed by atoms with van der Waals surface area (Å²) in [5.41, 5.74) is 0. The molecule has 0 aromatic rings. The highest BCUT2D eigenvalue weighted by Crippen LogP contribution is 2.37. The van der Waals surface area contributed by atoms with E-state index in [1.807, 2.05) is 0 Å². The summed E-state index contributed by atoms with van der Waals surface area (Å²) >= 11 is 0. The Kier molecular flexibility index (Phi) is 3.13. The molecule has 2 fully saturated rings. The van der Waals surface area contributed by atoms with Gasteiger partial charge in [-0.1, -0.05) is 0 Å². The molecule has 0 saturated carbocycles. The summed E-state index contributed by atoms with van der Waals surface area (Å²) in [5, 5.41) is 9.09. The summed E-state index contributed by atoms with van der Waals surface area (Å²) in [6.07, 6.45) is 8.01. The number of hydrogen-bond donors (Lipinski definition) is 1. The molecule has 2 saturated heterocycles. The van der Waals surface area contributed by atoms with Crippen molar-refractivity contribution in [2.45, 2.75) is 44.6 Å². The van der Waals surface area contributed by atoms with Crippen molar-refractivity contribution in [1.82, 2.24) is 0 Å². The van der Waals surface area contributed by atoms with E-state index in [0.717, 1.165) is 18.4 Å². The first kappa shape index (κ1) is 10.4. The number of fused-ring (bicyclic) bond motifs is 1. The van der Waals surface area contributed by atoms with Crippen molar-refractivity contribution >= 4 is 0 Å². The molecule has 1 unspecified atom stereocenters. The monoisotopic (exact) mass is 198 g/mol. The van der Waals surface area contributed by atoms with Crippen molar-refractivity contribution in [1.29, 1.82) is 0 Å². The van der Waals surface area contributed by atoms with Gasteiger partial charge < -0.3 is 9.59 Å². The van der Waals surface area contributed by atoms with Crippen LogP contribution in [0, 0.1) is 5.92 Å². The van der Waals surface area contributed by atoms with E-state index >= 15 is 0 Å². The minimum Gasteiger partial charge on any atom is -0.396 e. The van der Waals surface area contributed by atoms with Gasteiger partial charge in [0.15, 0.2) is 0 Å². The summed E-state index contributed by atoms with van der Waals surface area (Å²) in [6, 6.07) is 0.865. The molecule has 0 bridgehead atoms. The van der Waals surface area contributed by atoms with Crippen LogP contribution in [-0.4, -0.2) is 42.4 Å². The average molecular weight is 198 g/mol. The standard InChI is InChI=1S/C12H24NO/c1-13-8-3-2-6-12(13)11(7-10-14)5-4-9-13/h11-12,14H,2-10H2,1H3/q+1/t11-,12+,13?/m0/s1. The van der Waals surface area contributed by atoms with Gasteiger partial charge in [0.25, 0.3) is 0 Å². The van der Waals surface area contributed by atoms with Crippen LogP contribution in [0.25, 0.3) is 0 Å². The van der Waals surface area contributed by atoms with E-state index < -0.39 is 0 Å². The lowest BCUT2D eigenvalue weighted by Gasteiger charge is -2.51. The molecule has 2 aliphatic heterocycles. The van der Waals surface area contributed by atoms with Crippen LogP contribution < -0.4 is 0 Å². The van der Waals surface area contributed by atoms with Crippen molar-refractivity contribution in [2.24, 2.45) is 5.92 Å². The fourth-order valence-electron chi connectivity index (χ4n) is 3.74. The lowest BCUT2D eigenvalue weighted by molar-refractivity contribution is -0.947. The van der Waals surface area contributed by atoms with Gasteiger partial charge in [-0.25, -0.2) is 0 Å². The number of rotatable bonds is 2. The van der Waals surface area contributed by atoms with Crippen LogP contribution >= 0.6 is 0 Å². The number of aliphatic hydroxyl groups is 1. The third-order valence-electron chi connectivity index (χ3n) is 4.51. The van der Waals surface area contributed by atoms with E-state index in [2.05, 4.69) is 7.05 Å². The molecule has 2 aliphatic rings. The summed E-state index contributed by atoms with van der Waals surface area (Å²) in [7, 11) is 2.44. The Morgan fingerprint density at radius 3 is 2.71 bits per heavy atom. The van der Waals surface area contributed by atoms with Gasteiger partial charge >= 0.3 is 0 Å². The summed E-state index contributed by atoms with van der Waals surface area (Å²) in [5.74, 6) is 0.805. The Labute approximate surface area is 87.5 Å². The topological polar surface area (TPSA) is 20.2 Å². The van der Waals surface area contributed by atoms with Gasteiger partial charge in [0, 0.05) is 12.5 Å². The van der Waals surface area contributed by atoms with Gasteiger partial charge in [-0.15, -0.1) is 0 Å². The summed E-state index contributed by atoms with van der Waals surface area (Å²) in [6.45, 7) is 3.15. The molecule has 2 heteroatoms. The van der Waals surface area contributed by atoms with Crippen molar-refractivity contribution < 1.29 is 9.59 Å². The van der Waals surface area contributed by atoms with Gasteiger partial charge in [-0.2, -0.15) is 0 Å². The molecule has 0 amide bonds. The third kappa shape index (κ3) is 1.82. The van der Waals surface area contributed by atoms with Gasteiger partial charge in [0.05, 0.1) is 26.2 Å². The third-order valence-corrected chi connectivity index (χ3v) is 4.51. The minimum atomic E-state index is 0.390. The Balaban J connectivity index is 2.06. The van der Waals surface area contributed by atoms with E-state index in [9.17, 15) is 0 Å². The van der Waals surface area contributed by atoms with E-state index in [1.165, 1.54) is 49.7 Å². The predicted octanol–water partition coefficient (Wildman–Crippen LogP) is 1.78. The van der Waals surface area contributed by atoms with Crippen LogP contribution in [-0.2, 0) is 0 Å². The van der Waals surface area contributed by atoms with Gasteiger partial charge in [-0.05, 0) is 38.5 Å². The van der Waals surface area contributed by atoms with E-state index in [-0.39, 0.29) is 0 Å². The van der Waals surface area contributed by atoms with Crippen LogP contribution in [0.15, 0.2) is 0 Å². The zero-order valence-electron chi connectivity index (χ0n) is 9.41. The second-order valence-electron chi connectivity index (χ2n) is 5.40. The molecule has 1 N–H and O–H groups in total. The van der Waals surface area contributed by atoms with E-state index in [4.69, 9.17) is 5.11 Å². The lowest BCUT2D eigenvalue weighted by atomic mass is 9.80. The minimum absolute atomic E-state index is 0.390. The van der Waals surface area contributed by atoms with Gasteiger partial charge in [0.1, 0.15) is 0 Å². The first-order chi connectivity index (χ1) is 6.76. The fraction of sp³-hybridized carbons (Fsp3) is 1.00. The van der Waals surface area contributed by atoms with Crippen LogP contribution in [0.1, 0.15) is 38.5 Å². The Hall–Kier alpha value is -0.0800. The number of quaternary nitrogens is 1. The predicted molar refractivity (Wildman–Crippen MR) is 58.0 cm³/mol. The molecule has 2 rings (SSSR count). The molecular formula is C12H24NO+. The zero-order valence-corrected chi connectivity index (χ0v) is 9.41. The highest BCUT2D eigenvalue weighted by molar-refractivity contribution is 4.78. The largest absolute Gasteiger partial charge is 0.396 e. The molecule has 2 nitrogen and oxygen atoms in total. The number of piperidine rings is 2. The number of nitrogens with zero attached hydrogens (tertiary/aromatic N) is 1. The van der Waals surface area contributed by atoms with Gasteiger partial charge in [0.2, 0.25) is 0 Å². The van der Waals surface area contributed by atoms with Crippen molar-refractivity contribution in [3.8, 4) is 0 Å². The fourth-order valence-corrected chi connectivity index (χ4v) is 3.74. The van der Waals surface area contributed by atoms with Crippen LogP contribution in [0.3, 0.4) is 0 Å². The molecule has 0 radical (unpaired) electrons. The number of aliphatic hydroxyl groups excluding tert-OH is 1. The van der Waals surface area contributed by atoms with E-state index in [1.54, 1.807) is 0 Å². The maximum atomic E-state index is 9.09. The summed E-state index contributed by atoms with van der Waals surface area (Å²) < 4.78 is 1.31. The molecule has 0 aromatic heterocycles. The first-order valence-corrected chi connectivity index (χ1v) is 6.21. The van der Waals surface area contributed by atoms with Crippen molar-refractivity contribution in [3.05, 3.63) is 0 Å². The zero-order chi connectivity index (χ0) is 10.0. The molecule has 0 spiro atoms. The molecule has 0 aliphatic carbocycles. The Morgan fingerprint density at radius 2 is 1.93 bits per heavy atom. The maximum Gasteiger partial charge on any atom is 0.0917 e. The van der Waals surface area contributed by atoms with Gasteiger partial charge in [-0.3, -0.25) is 0 Å². The molecule has 14 heavy (non-hydrogen) atoms.